The Bertz CT molecular complexity index is 627. The highest BCUT2D eigenvalue weighted by molar-refractivity contribution is 5.98. The lowest BCUT2D eigenvalue weighted by atomic mass is 9.98. The van der Waals surface area contributed by atoms with Crippen LogP contribution in [-0.4, -0.2) is 43.6 Å². The molecule has 2 rings (SSSR count). The van der Waals surface area contributed by atoms with E-state index < -0.39 is 5.97 Å². The minimum atomic E-state index is -0.438. The minimum absolute atomic E-state index is 0.0474. The topological polar surface area (TPSA) is 55.8 Å². The molecule has 0 N–H and O–H groups in total. The number of amides is 1. The number of ether oxygens (including phenoxy) is 2. The first-order valence-electron chi connectivity index (χ1n) is 7.49. The number of rotatable bonds is 6. The molecule has 23 heavy (non-hydrogen) atoms. The van der Waals surface area contributed by atoms with Gasteiger partial charge in [0.2, 0.25) is 0 Å². The standard InChI is InChI=1S/C17H20FNO4/c1-3-12(9-18)11-23-14-4-5-15-13(8-14)6-7-19(17(15)21)10-16(20)22-2/h4-5,8-9H,3,6-7,10-11H2,1-2H3/b12-9-. The summed E-state index contributed by atoms with van der Waals surface area (Å²) >= 11 is 0. The number of fused-ring (bicyclic) bond motifs is 1. The van der Waals surface area contributed by atoms with E-state index in [4.69, 9.17) is 4.74 Å². The second-order valence-electron chi connectivity index (χ2n) is 5.28. The van der Waals surface area contributed by atoms with E-state index in [1.54, 1.807) is 18.2 Å². The zero-order valence-electron chi connectivity index (χ0n) is 13.3. The van der Waals surface area contributed by atoms with Gasteiger partial charge in [-0.25, -0.2) is 4.39 Å². The van der Waals surface area contributed by atoms with E-state index in [-0.39, 0.29) is 19.1 Å². The summed E-state index contributed by atoms with van der Waals surface area (Å²) in [6, 6.07) is 5.17. The molecule has 0 spiro atoms. The maximum absolute atomic E-state index is 12.5. The van der Waals surface area contributed by atoms with Crippen molar-refractivity contribution in [2.75, 3.05) is 26.8 Å². The molecule has 1 heterocycles. The molecule has 0 bridgehead atoms. The van der Waals surface area contributed by atoms with Gasteiger partial charge < -0.3 is 14.4 Å². The molecule has 1 aromatic rings. The van der Waals surface area contributed by atoms with Crippen LogP contribution in [0.3, 0.4) is 0 Å². The molecule has 6 heteroatoms. The van der Waals surface area contributed by atoms with E-state index >= 15 is 0 Å². The van der Waals surface area contributed by atoms with Crippen LogP contribution in [0.15, 0.2) is 30.1 Å². The quantitative estimate of drug-likeness (QED) is 0.756. The summed E-state index contributed by atoms with van der Waals surface area (Å²) in [5, 5.41) is 0. The van der Waals surface area contributed by atoms with Crippen LogP contribution in [0.2, 0.25) is 0 Å². The summed E-state index contributed by atoms with van der Waals surface area (Å²) in [6.45, 7) is 2.45. The highest BCUT2D eigenvalue weighted by atomic mass is 19.1. The van der Waals surface area contributed by atoms with Gasteiger partial charge in [-0.15, -0.1) is 0 Å². The Balaban J connectivity index is 2.08. The number of carbonyl (C=O) groups excluding carboxylic acids is 2. The molecule has 124 valence electrons. The Hall–Kier alpha value is -2.37. The van der Waals surface area contributed by atoms with Crippen molar-refractivity contribution in [1.29, 1.82) is 0 Å². The van der Waals surface area contributed by atoms with E-state index in [0.717, 1.165) is 5.56 Å². The third-order valence-electron chi connectivity index (χ3n) is 3.83. The lowest BCUT2D eigenvalue weighted by molar-refractivity contribution is -0.141. The third-order valence-corrected chi connectivity index (χ3v) is 3.83. The Morgan fingerprint density at radius 3 is 2.87 bits per heavy atom. The Kier molecular flexibility index (Phi) is 5.73. The van der Waals surface area contributed by atoms with Crippen LogP contribution in [0.1, 0.15) is 29.3 Å². The zero-order valence-corrected chi connectivity index (χ0v) is 13.3. The Morgan fingerprint density at radius 2 is 2.22 bits per heavy atom. The number of hydrogen-bond donors (Lipinski definition) is 0. The van der Waals surface area contributed by atoms with E-state index in [2.05, 4.69) is 4.74 Å². The minimum Gasteiger partial charge on any atom is -0.489 e. The second kappa shape index (κ2) is 7.76. The van der Waals surface area contributed by atoms with E-state index in [1.165, 1.54) is 12.0 Å². The van der Waals surface area contributed by atoms with Crippen molar-refractivity contribution in [3.05, 3.63) is 41.2 Å². The fourth-order valence-corrected chi connectivity index (χ4v) is 2.36. The Labute approximate surface area is 134 Å². The molecule has 0 saturated heterocycles. The molecule has 0 aromatic heterocycles. The van der Waals surface area contributed by atoms with E-state index in [9.17, 15) is 14.0 Å². The summed E-state index contributed by atoms with van der Waals surface area (Å²) in [4.78, 5) is 25.2. The molecular weight excluding hydrogens is 301 g/mol. The zero-order chi connectivity index (χ0) is 16.8. The highest BCUT2D eigenvalue weighted by Gasteiger charge is 2.26. The average Bonchev–Trinajstić information content (AvgIpc) is 2.58. The second-order valence-corrected chi connectivity index (χ2v) is 5.28. The number of benzene rings is 1. The molecule has 0 unspecified atom stereocenters. The monoisotopic (exact) mass is 321 g/mol. The molecule has 1 aliphatic rings. The first-order chi connectivity index (χ1) is 11.1. The van der Waals surface area contributed by atoms with Crippen molar-refractivity contribution in [3.63, 3.8) is 0 Å². The van der Waals surface area contributed by atoms with Gasteiger partial charge >= 0.3 is 5.97 Å². The smallest absolute Gasteiger partial charge is 0.325 e. The van der Waals surface area contributed by atoms with Crippen molar-refractivity contribution in [3.8, 4) is 5.75 Å². The van der Waals surface area contributed by atoms with Crippen molar-refractivity contribution >= 4 is 11.9 Å². The lowest BCUT2D eigenvalue weighted by Gasteiger charge is -2.27. The summed E-state index contributed by atoms with van der Waals surface area (Å²) in [5.41, 5.74) is 2.00. The van der Waals surface area contributed by atoms with Gasteiger partial charge in [-0.3, -0.25) is 9.59 Å². The van der Waals surface area contributed by atoms with Crippen LogP contribution in [0.25, 0.3) is 0 Å². The molecule has 1 aliphatic heterocycles. The van der Waals surface area contributed by atoms with Crippen LogP contribution >= 0.6 is 0 Å². The van der Waals surface area contributed by atoms with Gasteiger partial charge in [0.1, 0.15) is 18.9 Å². The van der Waals surface area contributed by atoms with E-state index in [1.807, 2.05) is 6.92 Å². The SMILES string of the molecule is CC/C(=C/F)COc1ccc2c(c1)CCN(CC(=O)OC)C2=O. The van der Waals surface area contributed by atoms with Gasteiger partial charge in [-0.2, -0.15) is 0 Å². The fraction of sp³-hybridized carbons (Fsp3) is 0.412. The number of nitrogens with zero attached hydrogens (tertiary/aromatic N) is 1. The average molecular weight is 321 g/mol. The maximum Gasteiger partial charge on any atom is 0.325 e. The lowest BCUT2D eigenvalue weighted by Crippen LogP contribution is -2.41. The third kappa shape index (κ3) is 4.09. The summed E-state index contributed by atoms with van der Waals surface area (Å²) in [7, 11) is 1.30. The number of methoxy groups -OCH3 is 1. The molecule has 0 aliphatic carbocycles. The molecular formula is C17H20FNO4. The van der Waals surface area contributed by atoms with Crippen molar-refractivity contribution in [2.24, 2.45) is 0 Å². The highest BCUT2D eigenvalue weighted by Crippen LogP contribution is 2.24. The van der Waals surface area contributed by atoms with Gasteiger partial charge in [0.25, 0.3) is 5.91 Å². The normalized spacial score (nSPS) is 14.5. The molecule has 0 atom stereocenters. The van der Waals surface area contributed by atoms with Gasteiger partial charge in [0.05, 0.1) is 13.4 Å². The number of hydrogen-bond acceptors (Lipinski definition) is 4. The van der Waals surface area contributed by atoms with Gasteiger partial charge in [-0.1, -0.05) is 6.92 Å². The molecule has 5 nitrogen and oxygen atoms in total. The first-order valence-corrected chi connectivity index (χ1v) is 7.49. The Morgan fingerprint density at radius 1 is 1.43 bits per heavy atom. The van der Waals surface area contributed by atoms with Crippen LogP contribution in [0.4, 0.5) is 4.39 Å². The van der Waals surface area contributed by atoms with Crippen LogP contribution in [0, 0.1) is 0 Å². The summed E-state index contributed by atoms with van der Waals surface area (Å²) < 4.78 is 22.7. The van der Waals surface area contributed by atoms with Gasteiger partial charge in [0.15, 0.2) is 0 Å². The van der Waals surface area contributed by atoms with Crippen LogP contribution < -0.4 is 4.74 Å². The molecule has 1 amide bonds. The van der Waals surface area contributed by atoms with Crippen molar-refractivity contribution in [2.45, 2.75) is 19.8 Å². The van der Waals surface area contributed by atoms with Crippen LogP contribution in [-0.2, 0) is 16.0 Å². The van der Waals surface area contributed by atoms with Gasteiger partial charge in [-0.05, 0) is 42.2 Å². The van der Waals surface area contributed by atoms with Crippen molar-refractivity contribution in [1.82, 2.24) is 4.90 Å². The van der Waals surface area contributed by atoms with E-state index in [0.29, 0.717) is 42.6 Å². The first kappa shape index (κ1) is 17.0. The molecule has 1 aromatic carbocycles. The predicted molar refractivity (Wildman–Crippen MR) is 83.0 cm³/mol. The molecule has 0 radical (unpaired) electrons. The fourth-order valence-electron chi connectivity index (χ4n) is 2.36. The number of esters is 1. The predicted octanol–water partition coefficient (Wildman–Crippen LogP) is 2.50. The summed E-state index contributed by atoms with van der Waals surface area (Å²) in [6.07, 6.45) is 1.78. The molecule has 0 saturated carbocycles. The summed E-state index contributed by atoms with van der Waals surface area (Å²) in [5.74, 6) is -0.0290. The number of halogens is 1. The number of carbonyl (C=O) groups is 2. The van der Waals surface area contributed by atoms with Crippen molar-refractivity contribution < 1.29 is 23.5 Å². The molecule has 0 fully saturated rings. The maximum atomic E-state index is 12.5. The van der Waals surface area contributed by atoms with Gasteiger partial charge in [0, 0.05) is 12.1 Å². The largest absolute Gasteiger partial charge is 0.489 e. The van der Waals surface area contributed by atoms with Crippen LogP contribution in [0.5, 0.6) is 5.75 Å².